The van der Waals surface area contributed by atoms with Gasteiger partial charge in [0.2, 0.25) is 0 Å². The molecule has 0 saturated heterocycles. The van der Waals surface area contributed by atoms with Gasteiger partial charge in [-0.15, -0.1) is 0 Å². The molecule has 0 aromatic carbocycles. The molecule has 0 fully saturated rings. The van der Waals surface area contributed by atoms with Crippen LogP contribution in [0.3, 0.4) is 0 Å². The molecule has 0 atom stereocenters. The van der Waals surface area contributed by atoms with Gasteiger partial charge in [0, 0.05) is 13.1 Å². The molecule has 0 saturated carbocycles. The minimum absolute atomic E-state index is 0.0656. The van der Waals surface area contributed by atoms with E-state index in [9.17, 15) is 4.79 Å². The van der Waals surface area contributed by atoms with Gasteiger partial charge in [0.1, 0.15) is 0 Å². The van der Waals surface area contributed by atoms with E-state index in [1.165, 1.54) is 25.7 Å². The fraction of sp³-hybridized carbons (Fsp3) is 0.692. The zero-order chi connectivity index (χ0) is 13.4. The Morgan fingerprint density at radius 3 is 2.83 bits per heavy atom. The standard InChI is InChI=1S/C13H22IN3O/c1-3-4-5-6-7-15-8-9-17-10-16-11(2)12(14)13(17)18/h10,15H,3-9H2,1-2H3. The summed E-state index contributed by atoms with van der Waals surface area (Å²) in [6, 6.07) is 0. The first-order valence-corrected chi connectivity index (χ1v) is 7.67. The molecule has 0 amide bonds. The lowest BCUT2D eigenvalue weighted by Gasteiger charge is -2.08. The number of aryl methyl sites for hydroxylation is 1. The van der Waals surface area contributed by atoms with E-state index in [1.54, 1.807) is 10.9 Å². The third-order valence-electron chi connectivity index (χ3n) is 2.89. The number of rotatable bonds is 8. The SMILES string of the molecule is CCCCCCNCCn1cnc(C)c(I)c1=O. The molecule has 0 radical (unpaired) electrons. The molecule has 0 aliphatic rings. The van der Waals surface area contributed by atoms with Gasteiger partial charge in [-0.05, 0) is 42.5 Å². The molecule has 1 heterocycles. The number of hydrogen-bond donors (Lipinski definition) is 1. The van der Waals surface area contributed by atoms with E-state index >= 15 is 0 Å². The largest absolute Gasteiger partial charge is 0.315 e. The van der Waals surface area contributed by atoms with E-state index in [2.05, 4.69) is 39.8 Å². The highest BCUT2D eigenvalue weighted by Gasteiger charge is 2.04. The van der Waals surface area contributed by atoms with Gasteiger partial charge < -0.3 is 5.32 Å². The molecule has 102 valence electrons. The molecule has 0 unspecified atom stereocenters. The van der Waals surface area contributed by atoms with Gasteiger partial charge in [0.15, 0.2) is 0 Å². The van der Waals surface area contributed by atoms with E-state index in [0.29, 0.717) is 6.54 Å². The molecular formula is C13H22IN3O. The van der Waals surface area contributed by atoms with Crippen LogP contribution in [0.1, 0.15) is 38.3 Å². The zero-order valence-electron chi connectivity index (χ0n) is 11.2. The van der Waals surface area contributed by atoms with Crippen molar-refractivity contribution in [2.75, 3.05) is 13.1 Å². The van der Waals surface area contributed by atoms with Crippen molar-refractivity contribution in [2.45, 2.75) is 46.1 Å². The van der Waals surface area contributed by atoms with Gasteiger partial charge in [-0.3, -0.25) is 9.36 Å². The predicted molar refractivity (Wildman–Crippen MR) is 83.0 cm³/mol. The van der Waals surface area contributed by atoms with Crippen molar-refractivity contribution in [1.29, 1.82) is 0 Å². The normalized spacial score (nSPS) is 10.8. The summed E-state index contributed by atoms with van der Waals surface area (Å²) >= 11 is 2.06. The third-order valence-corrected chi connectivity index (χ3v) is 4.14. The number of hydrogen-bond acceptors (Lipinski definition) is 3. The topological polar surface area (TPSA) is 46.9 Å². The zero-order valence-corrected chi connectivity index (χ0v) is 13.4. The maximum absolute atomic E-state index is 11.9. The minimum Gasteiger partial charge on any atom is -0.315 e. The Balaban J connectivity index is 2.28. The second kappa shape index (κ2) is 8.63. The Bertz CT molecular complexity index is 417. The number of nitrogens with zero attached hydrogens (tertiary/aromatic N) is 2. The fourth-order valence-corrected chi connectivity index (χ4v) is 2.16. The number of unbranched alkanes of at least 4 members (excludes halogenated alkanes) is 3. The van der Waals surface area contributed by atoms with Crippen LogP contribution in [0.2, 0.25) is 0 Å². The molecule has 1 rings (SSSR count). The second-order valence-electron chi connectivity index (χ2n) is 4.45. The monoisotopic (exact) mass is 363 g/mol. The highest BCUT2D eigenvalue weighted by Crippen LogP contribution is 2.01. The number of halogens is 1. The summed E-state index contributed by atoms with van der Waals surface area (Å²) in [6.07, 6.45) is 6.71. The molecule has 4 nitrogen and oxygen atoms in total. The number of aromatic nitrogens is 2. The molecule has 0 aliphatic carbocycles. The van der Waals surface area contributed by atoms with Crippen LogP contribution in [-0.2, 0) is 6.54 Å². The molecule has 0 bridgehead atoms. The summed E-state index contributed by atoms with van der Waals surface area (Å²) in [7, 11) is 0. The van der Waals surface area contributed by atoms with Crippen LogP contribution in [0.5, 0.6) is 0 Å². The maximum atomic E-state index is 11.9. The summed E-state index contributed by atoms with van der Waals surface area (Å²) < 4.78 is 2.39. The van der Waals surface area contributed by atoms with Gasteiger partial charge in [0.05, 0.1) is 15.6 Å². The summed E-state index contributed by atoms with van der Waals surface area (Å²) in [6.45, 7) is 6.62. The van der Waals surface area contributed by atoms with Crippen LogP contribution >= 0.6 is 22.6 Å². The lowest BCUT2D eigenvalue weighted by Crippen LogP contribution is -2.29. The lowest BCUT2D eigenvalue weighted by molar-refractivity contribution is 0.548. The van der Waals surface area contributed by atoms with Crippen molar-refractivity contribution in [3.8, 4) is 0 Å². The minimum atomic E-state index is 0.0656. The number of nitrogens with one attached hydrogen (secondary N) is 1. The highest BCUT2D eigenvalue weighted by atomic mass is 127. The van der Waals surface area contributed by atoms with Crippen molar-refractivity contribution in [3.05, 3.63) is 25.9 Å². The summed E-state index contributed by atoms with van der Waals surface area (Å²) in [5, 5.41) is 3.36. The molecule has 5 heteroatoms. The van der Waals surface area contributed by atoms with Gasteiger partial charge in [0.25, 0.3) is 5.56 Å². The van der Waals surface area contributed by atoms with Gasteiger partial charge in [-0.25, -0.2) is 4.98 Å². The Kier molecular flexibility index (Phi) is 7.50. The molecule has 1 aromatic heterocycles. The van der Waals surface area contributed by atoms with Crippen molar-refractivity contribution in [2.24, 2.45) is 0 Å². The average molecular weight is 363 g/mol. The first-order valence-electron chi connectivity index (χ1n) is 6.59. The lowest BCUT2D eigenvalue weighted by atomic mass is 10.2. The van der Waals surface area contributed by atoms with Crippen LogP contribution in [0.15, 0.2) is 11.1 Å². The Morgan fingerprint density at radius 1 is 1.33 bits per heavy atom. The van der Waals surface area contributed by atoms with E-state index in [4.69, 9.17) is 0 Å². The van der Waals surface area contributed by atoms with Crippen molar-refractivity contribution < 1.29 is 0 Å². The van der Waals surface area contributed by atoms with E-state index in [1.807, 2.05) is 6.92 Å². The summed E-state index contributed by atoms with van der Waals surface area (Å²) in [4.78, 5) is 16.1. The van der Waals surface area contributed by atoms with Gasteiger partial charge in [-0.2, -0.15) is 0 Å². The van der Waals surface area contributed by atoms with Crippen LogP contribution < -0.4 is 10.9 Å². The van der Waals surface area contributed by atoms with Crippen LogP contribution in [-0.4, -0.2) is 22.6 Å². The van der Waals surface area contributed by atoms with Crippen LogP contribution in [0.25, 0.3) is 0 Å². The van der Waals surface area contributed by atoms with Crippen molar-refractivity contribution in [1.82, 2.24) is 14.9 Å². The Hall–Kier alpha value is -0.430. The van der Waals surface area contributed by atoms with Crippen LogP contribution in [0.4, 0.5) is 0 Å². The summed E-state index contributed by atoms with van der Waals surface area (Å²) in [5.41, 5.74) is 0.875. The predicted octanol–water partition coefficient (Wildman–Crippen LogP) is 2.33. The molecule has 0 spiro atoms. The molecule has 18 heavy (non-hydrogen) atoms. The Labute approximate surface area is 122 Å². The van der Waals surface area contributed by atoms with Gasteiger partial charge >= 0.3 is 0 Å². The fourth-order valence-electron chi connectivity index (χ4n) is 1.71. The first kappa shape index (κ1) is 15.6. The maximum Gasteiger partial charge on any atom is 0.267 e. The van der Waals surface area contributed by atoms with E-state index in [0.717, 1.165) is 22.4 Å². The van der Waals surface area contributed by atoms with Crippen LogP contribution in [0, 0.1) is 10.5 Å². The summed E-state index contributed by atoms with van der Waals surface area (Å²) in [5.74, 6) is 0. The third kappa shape index (κ3) is 5.06. The molecule has 0 aliphatic heterocycles. The van der Waals surface area contributed by atoms with E-state index < -0.39 is 0 Å². The molecular weight excluding hydrogens is 341 g/mol. The highest BCUT2D eigenvalue weighted by molar-refractivity contribution is 14.1. The first-order chi connectivity index (χ1) is 8.66. The quantitative estimate of drug-likeness (QED) is 0.570. The van der Waals surface area contributed by atoms with E-state index in [-0.39, 0.29) is 5.56 Å². The smallest absolute Gasteiger partial charge is 0.267 e. The van der Waals surface area contributed by atoms with Crippen molar-refractivity contribution in [3.63, 3.8) is 0 Å². The second-order valence-corrected chi connectivity index (χ2v) is 5.53. The Morgan fingerprint density at radius 2 is 2.11 bits per heavy atom. The molecule has 1 N–H and O–H groups in total. The molecule has 1 aromatic rings. The van der Waals surface area contributed by atoms with Crippen molar-refractivity contribution >= 4 is 22.6 Å². The van der Waals surface area contributed by atoms with Gasteiger partial charge in [-0.1, -0.05) is 26.2 Å². The average Bonchev–Trinajstić information content (AvgIpc) is 2.37.